The molecule has 1 heterocycles. The van der Waals surface area contributed by atoms with Crippen molar-refractivity contribution in [2.75, 3.05) is 6.61 Å². The van der Waals surface area contributed by atoms with E-state index in [4.69, 9.17) is 21.1 Å². The molecule has 10 heteroatoms. The maximum absolute atomic E-state index is 12.5. The number of amidine groups is 1. The van der Waals surface area contributed by atoms with Crippen LogP contribution >= 0.6 is 23.4 Å². The van der Waals surface area contributed by atoms with Gasteiger partial charge < -0.3 is 14.8 Å². The number of aliphatic imine (C=N–C) groups is 1. The van der Waals surface area contributed by atoms with Gasteiger partial charge in [0.1, 0.15) is 6.61 Å². The molecule has 0 unspecified atom stereocenters. The lowest BCUT2D eigenvalue weighted by Crippen LogP contribution is -2.19. The summed E-state index contributed by atoms with van der Waals surface area (Å²) in [5.41, 5.74) is 3.22. The number of non-ortho nitro benzene ring substituents is 1. The fourth-order valence-corrected chi connectivity index (χ4v) is 4.32. The SMILES string of the molecule is CCOc1cc(/C=C2\SC(=Nc3cc(Cl)ccc3C)NC2=O)ccc1OCc1ccc([N+](=O)[O-])cc1. The van der Waals surface area contributed by atoms with E-state index < -0.39 is 4.92 Å². The van der Waals surface area contributed by atoms with Gasteiger partial charge in [0.25, 0.3) is 11.6 Å². The minimum absolute atomic E-state index is 0.0240. The van der Waals surface area contributed by atoms with Gasteiger partial charge in [0.2, 0.25) is 0 Å². The average Bonchev–Trinajstić information content (AvgIpc) is 3.19. The van der Waals surface area contributed by atoms with Gasteiger partial charge in [-0.05, 0) is 84.8 Å². The number of nitro benzene ring substituents is 1. The molecule has 0 saturated carbocycles. The van der Waals surface area contributed by atoms with E-state index in [-0.39, 0.29) is 18.2 Å². The van der Waals surface area contributed by atoms with E-state index in [1.165, 1.54) is 23.9 Å². The van der Waals surface area contributed by atoms with Crippen molar-refractivity contribution < 1.29 is 19.2 Å². The van der Waals surface area contributed by atoms with Crippen molar-refractivity contribution in [3.63, 3.8) is 0 Å². The molecule has 184 valence electrons. The molecule has 4 rings (SSSR count). The van der Waals surface area contributed by atoms with Crippen LogP contribution < -0.4 is 14.8 Å². The quantitative estimate of drug-likeness (QED) is 0.207. The van der Waals surface area contributed by atoms with Gasteiger partial charge in [-0.2, -0.15) is 0 Å². The first-order valence-electron chi connectivity index (χ1n) is 11.0. The lowest BCUT2D eigenvalue weighted by Gasteiger charge is -2.13. The van der Waals surface area contributed by atoms with Crippen LogP contribution in [0.3, 0.4) is 0 Å². The highest BCUT2D eigenvalue weighted by molar-refractivity contribution is 8.18. The second kappa shape index (κ2) is 11.3. The van der Waals surface area contributed by atoms with Crippen molar-refractivity contribution in [1.29, 1.82) is 0 Å². The summed E-state index contributed by atoms with van der Waals surface area (Å²) in [6.45, 7) is 4.44. The molecule has 0 radical (unpaired) electrons. The van der Waals surface area contributed by atoms with Crippen LogP contribution in [0.15, 0.2) is 70.6 Å². The van der Waals surface area contributed by atoms with Crippen LogP contribution in [-0.2, 0) is 11.4 Å². The minimum Gasteiger partial charge on any atom is -0.490 e. The maximum atomic E-state index is 12.5. The first-order valence-corrected chi connectivity index (χ1v) is 12.2. The zero-order valence-corrected chi connectivity index (χ0v) is 21.1. The number of ether oxygens (including phenoxy) is 2. The Hall–Kier alpha value is -3.82. The lowest BCUT2D eigenvalue weighted by atomic mass is 10.1. The first kappa shape index (κ1) is 25.3. The number of hydrogen-bond donors (Lipinski definition) is 1. The van der Waals surface area contributed by atoms with Crippen molar-refractivity contribution in [2.45, 2.75) is 20.5 Å². The Morgan fingerprint density at radius 1 is 1.08 bits per heavy atom. The molecule has 3 aromatic carbocycles. The predicted molar refractivity (Wildman–Crippen MR) is 142 cm³/mol. The molecular formula is C26H22ClN3O5S. The average molecular weight is 524 g/mol. The molecule has 8 nitrogen and oxygen atoms in total. The summed E-state index contributed by atoms with van der Waals surface area (Å²) in [5, 5.41) is 14.7. The number of aryl methyl sites for hydroxylation is 1. The van der Waals surface area contributed by atoms with Crippen molar-refractivity contribution >= 4 is 51.9 Å². The molecule has 0 bridgehead atoms. The number of nitro groups is 1. The molecule has 36 heavy (non-hydrogen) atoms. The van der Waals surface area contributed by atoms with Crippen molar-refractivity contribution in [2.24, 2.45) is 4.99 Å². The largest absolute Gasteiger partial charge is 0.490 e. The van der Waals surface area contributed by atoms with E-state index in [1.54, 1.807) is 42.5 Å². The Labute approximate surface area is 217 Å². The zero-order valence-electron chi connectivity index (χ0n) is 19.5. The summed E-state index contributed by atoms with van der Waals surface area (Å²) in [5.74, 6) is 0.815. The van der Waals surface area contributed by atoms with E-state index in [1.807, 2.05) is 26.0 Å². The van der Waals surface area contributed by atoms with E-state index in [0.29, 0.717) is 38.9 Å². The molecule has 0 atom stereocenters. The number of benzene rings is 3. The zero-order chi connectivity index (χ0) is 25.7. The van der Waals surface area contributed by atoms with E-state index in [0.717, 1.165) is 16.7 Å². The van der Waals surface area contributed by atoms with Crippen LogP contribution in [0.1, 0.15) is 23.6 Å². The highest BCUT2D eigenvalue weighted by atomic mass is 35.5. The molecule has 0 aromatic heterocycles. The van der Waals surface area contributed by atoms with Gasteiger partial charge in [-0.3, -0.25) is 14.9 Å². The Morgan fingerprint density at radius 2 is 1.86 bits per heavy atom. The van der Waals surface area contributed by atoms with Crippen molar-refractivity contribution in [3.05, 3.63) is 97.4 Å². The number of carbonyl (C=O) groups is 1. The highest BCUT2D eigenvalue weighted by Gasteiger charge is 2.24. The number of amides is 1. The lowest BCUT2D eigenvalue weighted by molar-refractivity contribution is -0.384. The fraction of sp³-hybridized carbons (Fsp3) is 0.154. The standard InChI is InChI=1S/C26H22ClN3O5S/c1-3-34-23-12-18(7-11-22(23)35-15-17-5-9-20(10-6-17)30(32)33)13-24-25(31)29-26(36-24)28-21-14-19(27)8-4-16(21)2/h4-14H,3,15H2,1-2H3,(H,28,29,31)/b24-13-. The van der Waals surface area contributed by atoms with Crippen molar-refractivity contribution in [1.82, 2.24) is 5.32 Å². The predicted octanol–water partition coefficient (Wildman–Crippen LogP) is 6.43. The number of carbonyl (C=O) groups excluding carboxylic acids is 1. The second-order valence-corrected chi connectivity index (χ2v) is 9.23. The monoisotopic (exact) mass is 523 g/mol. The number of hydrogen-bond acceptors (Lipinski definition) is 7. The third kappa shape index (κ3) is 6.24. The Morgan fingerprint density at radius 3 is 2.58 bits per heavy atom. The molecule has 1 N–H and O–H groups in total. The molecule has 1 amide bonds. The highest BCUT2D eigenvalue weighted by Crippen LogP contribution is 2.33. The summed E-state index contributed by atoms with van der Waals surface area (Å²) in [7, 11) is 0. The van der Waals surface area contributed by atoms with Gasteiger partial charge in [-0.25, -0.2) is 4.99 Å². The Bertz CT molecular complexity index is 1370. The van der Waals surface area contributed by atoms with Crippen LogP contribution in [0.25, 0.3) is 6.08 Å². The smallest absolute Gasteiger partial charge is 0.269 e. The number of nitrogens with one attached hydrogen (secondary N) is 1. The fourth-order valence-electron chi connectivity index (χ4n) is 3.32. The van der Waals surface area contributed by atoms with Gasteiger partial charge in [0.05, 0.1) is 22.1 Å². The van der Waals surface area contributed by atoms with E-state index >= 15 is 0 Å². The summed E-state index contributed by atoms with van der Waals surface area (Å²) >= 11 is 7.32. The van der Waals surface area contributed by atoms with E-state index in [2.05, 4.69) is 10.3 Å². The molecule has 1 fully saturated rings. The molecule has 1 saturated heterocycles. The number of thioether (sulfide) groups is 1. The molecule has 3 aromatic rings. The third-order valence-corrected chi connectivity index (χ3v) is 6.30. The second-order valence-electron chi connectivity index (χ2n) is 7.76. The molecule has 1 aliphatic rings. The number of rotatable bonds is 8. The summed E-state index contributed by atoms with van der Waals surface area (Å²) in [6.07, 6.45) is 1.76. The number of nitrogens with zero attached hydrogens (tertiary/aromatic N) is 2. The normalized spacial score (nSPS) is 15.2. The first-order chi connectivity index (χ1) is 17.3. The minimum atomic E-state index is -0.443. The molecule has 1 aliphatic heterocycles. The van der Waals surface area contributed by atoms with Gasteiger partial charge >= 0.3 is 0 Å². The summed E-state index contributed by atoms with van der Waals surface area (Å²) < 4.78 is 11.6. The van der Waals surface area contributed by atoms with Gasteiger partial charge in [0, 0.05) is 17.2 Å². The van der Waals surface area contributed by atoms with Gasteiger partial charge in [0.15, 0.2) is 16.7 Å². The van der Waals surface area contributed by atoms with Crippen LogP contribution in [-0.4, -0.2) is 22.6 Å². The van der Waals surface area contributed by atoms with Crippen molar-refractivity contribution in [3.8, 4) is 11.5 Å². The molecule has 0 aliphatic carbocycles. The Balaban J connectivity index is 1.50. The third-order valence-electron chi connectivity index (χ3n) is 5.15. The summed E-state index contributed by atoms with van der Waals surface area (Å²) in [6, 6.07) is 17.0. The number of halogens is 1. The molecule has 0 spiro atoms. The topological polar surface area (TPSA) is 103 Å². The van der Waals surface area contributed by atoms with Crippen LogP contribution in [0.5, 0.6) is 11.5 Å². The Kier molecular flexibility index (Phi) is 7.92. The molecular weight excluding hydrogens is 502 g/mol. The van der Waals surface area contributed by atoms with Crippen LogP contribution in [0.2, 0.25) is 5.02 Å². The maximum Gasteiger partial charge on any atom is 0.269 e. The van der Waals surface area contributed by atoms with Gasteiger partial charge in [-0.1, -0.05) is 23.7 Å². The van der Waals surface area contributed by atoms with Gasteiger partial charge in [-0.15, -0.1) is 0 Å². The van der Waals surface area contributed by atoms with Crippen LogP contribution in [0, 0.1) is 17.0 Å². The van der Waals surface area contributed by atoms with Crippen LogP contribution in [0.4, 0.5) is 11.4 Å². The van der Waals surface area contributed by atoms with E-state index in [9.17, 15) is 14.9 Å². The summed E-state index contributed by atoms with van der Waals surface area (Å²) in [4.78, 5) is 27.9.